The minimum atomic E-state index is -0.455. The minimum absolute atomic E-state index is 0.0197. The van der Waals surface area contributed by atoms with E-state index in [2.05, 4.69) is 83.1 Å². The number of rotatable bonds is 28. The van der Waals surface area contributed by atoms with E-state index >= 15 is 0 Å². The Bertz CT molecular complexity index is 3980. The molecule has 2 saturated heterocycles. The zero-order valence-corrected chi connectivity index (χ0v) is 91.3. The molecule has 20 heteroatoms. The molecule has 10 aliphatic rings. The number of hydrogen-bond donors (Lipinski definition) is 4. The van der Waals surface area contributed by atoms with Gasteiger partial charge in [-0.2, -0.15) is 0 Å². The average Bonchev–Trinajstić information content (AvgIpc) is 1.57. The fourth-order valence-electron chi connectivity index (χ4n) is 18.7. The second kappa shape index (κ2) is 53.8. The molecule has 0 aromatic heterocycles. The normalized spacial score (nSPS) is 23.5. The van der Waals surface area contributed by atoms with Gasteiger partial charge in [0.2, 0.25) is 0 Å². The number of benzene rings is 4. The molecule has 4 bridgehead atoms. The monoisotopic (exact) mass is 1930 g/mol. The molecule has 780 valence electrons. The Hall–Kier alpha value is -8.16. The summed E-state index contributed by atoms with van der Waals surface area (Å²) < 4.78 is 44.9. The van der Waals surface area contributed by atoms with E-state index < -0.39 is 10.8 Å². The predicted octanol–water partition coefficient (Wildman–Crippen LogP) is 29.4. The summed E-state index contributed by atoms with van der Waals surface area (Å²) in [5.74, 6) is 4.54. The molecule has 4 N–H and O–H groups in total. The van der Waals surface area contributed by atoms with Crippen molar-refractivity contribution < 1.29 is 96.7 Å². The second-order valence-corrected chi connectivity index (χ2v) is 45.9. The van der Waals surface area contributed by atoms with Crippen molar-refractivity contribution in [3.05, 3.63) is 119 Å². The van der Waals surface area contributed by atoms with Crippen molar-refractivity contribution in [2.24, 2.45) is 68.0 Å². The quantitative estimate of drug-likeness (QED) is 0.0303. The molecule has 0 spiro atoms. The van der Waals surface area contributed by atoms with E-state index in [0.29, 0.717) is 70.3 Å². The lowest BCUT2D eigenvalue weighted by atomic mass is 9.87. The third kappa shape index (κ3) is 34.6. The van der Waals surface area contributed by atoms with Gasteiger partial charge in [0, 0.05) is 23.7 Å². The van der Waals surface area contributed by atoms with Crippen LogP contribution in [0, 0.1) is 68.0 Å². The number of carbonyl (C=O) groups is 8. The van der Waals surface area contributed by atoms with E-state index in [9.17, 15) is 38.4 Å². The Labute approximate surface area is 833 Å². The van der Waals surface area contributed by atoms with Crippen molar-refractivity contribution in [3.63, 3.8) is 0 Å². The Balaban J connectivity index is 0.000000272. The van der Waals surface area contributed by atoms with Gasteiger partial charge in [-0.1, -0.05) is 159 Å². The van der Waals surface area contributed by atoms with Crippen LogP contribution in [-0.4, -0.2) is 115 Å². The molecule has 14 atom stereocenters. The lowest BCUT2D eigenvalue weighted by molar-refractivity contribution is -0.171. The van der Waals surface area contributed by atoms with Gasteiger partial charge in [-0.15, -0.1) is 0 Å². The number of esters is 8. The fourth-order valence-corrected chi connectivity index (χ4v) is 18.7. The van der Waals surface area contributed by atoms with E-state index in [1.54, 1.807) is 48.5 Å². The van der Waals surface area contributed by atoms with E-state index in [1.165, 1.54) is 73.6 Å². The van der Waals surface area contributed by atoms with Crippen molar-refractivity contribution in [1.29, 1.82) is 0 Å². The van der Waals surface area contributed by atoms with Crippen LogP contribution in [0.4, 0.5) is 0 Å². The highest BCUT2D eigenvalue weighted by Crippen LogP contribution is 2.58. The standard InChI is InChI=1S/2C14H20O4.2C13H24O2.2C12H22O2.4C10H14O/c2*1-4-14(2,3)13(16)18-10-7-5-8-9(6-7)12(15)17-11(8)10;2*1-5-12(3,4)11(14)15-13(6-2)9-7-8-10-13;2*1-5-11(2,3)10(13)14-12(4)8-6-7-9-12;4*1-3-8(2)9-4-6-10(11)7-5-9/h2*7-11H,4-6H2,1-3H3;2*5-10H2,1-4H3;2*5-9H2,1-4H3;4*4-8,11H,3H2,1-2H3. The SMILES string of the molecule is CCC(C)(C)C(=O)OC1(C)CCCC1.CCC(C)(C)C(=O)OC1(C)CCCC1.CCC(C)(C)C(=O)OC1C2CC3C(=O)OC1C3C2.CCC(C)(C)C(=O)OC1C2CC3C(=O)OC1C3C2.CCC(C)c1ccc(O)cc1.CCC(C)c1ccc(O)cc1.CCC(C)c1ccc(O)cc1.CCC(C)c1ccc(O)cc1.CCC1(OC(=O)C(C)(C)CC)CCCC1.CCC1(OC(=O)C(C)(C)CC)CCCC1. The first-order valence-electron chi connectivity index (χ1n) is 53.5. The first-order chi connectivity index (χ1) is 64.5. The summed E-state index contributed by atoms with van der Waals surface area (Å²) in [6.07, 6.45) is 32.1. The van der Waals surface area contributed by atoms with E-state index in [0.717, 1.165) is 154 Å². The van der Waals surface area contributed by atoms with E-state index in [4.69, 9.17) is 58.3 Å². The summed E-state index contributed by atoms with van der Waals surface area (Å²) in [5.41, 5.74) is 2.34. The van der Waals surface area contributed by atoms with E-state index in [-0.39, 0.29) is 128 Å². The molecule has 8 saturated carbocycles. The second-order valence-electron chi connectivity index (χ2n) is 45.9. The van der Waals surface area contributed by atoms with Crippen LogP contribution in [0.25, 0.3) is 0 Å². The van der Waals surface area contributed by atoms with Crippen LogP contribution < -0.4 is 0 Å². The van der Waals surface area contributed by atoms with Crippen molar-refractivity contribution in [3.8, 4) is 23.0 Å². The summed E-state index contributed by atoms with van der Waals surface area (Å²) in [4.78, 5) is 95.1. The number of phenols is 4. The maximum absolute atomic E-state index is 12.1. The lowest BCUT2D eigenvalue weighted by Crippen LogP contribution is -2.39. The van der Waals surface area contributed by atoms with Gasteiger partial charge in [0.1, 0.15) is 69.8 Å². The molecule has 2 heterocycles. The lowest BCUT2D eigenvalue weighted by Gasteiger charge is -2.32. The summed E-state index contributed by atoms with van der Waals surface area (Å²) in [5, 5.41) is 36.0. The van der Waals surface area contributed by atoms with Crippen LogP contribution in [0.5, 0.6) is 23.0 Å². The smallest absolute Gasteiger partial charge is 0.312 e. The molecular formula is C118H188O20. The molecular weight excluding hydrogens is 1740 g/mol. The maximum Gasteiger partial charge on any atom is 0.312 e. The van der Waals surface area contributed by atoms with Crippen LogP contribution in [0.3, 0.4) is 0 Å². The van der Waals surface area contributed by atoms with Crippen molar-refractivity contribution in [1.82, 2.24) is 0 Å². The topological polar surface area (TPSA) is 291 Å². The molecule has 20 nitrogen and oxygen atoms in total. The van der Waals surface area contributed by atoms with Crippen LogP contribution in [-0.2, 0) is 76.3 Å². The number of ether oxygens (including phenoxy) is 8. The third-order valence-corrected chi connectivity index (χ3v) is 33.2. The van der Waals surface area contributed by atoms with Gasteiger partial charge in [0.15, 0.2) is 0 Å². The molecule has 0 amide bonds. The molecule has 0 radical (unpaired) electrons. The zero-order valence-electron chi connectivity index (χ0n) is 91.3. The van der Waals surface area contributed by atoms with Crippen molar-refractivity contribution >= 4 is 47.8 Å². The molecule has 4 aromatic carbocycles. The third-order valence-electron chi connectivity index (χ3n) is 33.2. The Morgan fingerprint density at radius 1 is 0.319 bits per heavy atom. The molecule has 4 aromatic rings. The van der Waals surface area contributed by atoms with Gasteiger partial charge in [-0.05, 0) is 397 Å². The summed E-state index contributed by atoms with van der Waals surface area (Å²) in [6, 6.07) is 29.7. The molecule has 2 aliphatic heterocycles. The Kier molecular flexibility index (Phi) is 46.9. The van der Waals surface area contributed by atoms with E-state index in [1.807, 2.05) is 173 Å². The van der Waals surface area contributed by atoms with Gasteiger partial charge >= 0.3 is 47.8 Å². The molecule has 14 rings (SSSR count). The Morgan fingerprint density at radius 3 is 0.725 bits per heavy atom. The van der Waals surface area contributed by atoms with Crippen LogP contribution in [0.2, 0.25) is 0 Å². The van der Waals surface area contributed by atoms with Gasteiger partial charge < -0.3 is 58.3 Å². The largest absolute Gasteiger partial charge is 0.508 e. The highest BCUT2D eigenvalue weighted by Gasteiger charge is 2.65. The van der Waals surface area contributed by atoms with Crippen LogP contribution in [0.1, 0.15) is 459 Å². The number of phenolic OH excluding ortho intramolecular Hbond substituents is 4. The van der Waals surface area contributed by atoms with Crippen LogP contribution in [0.15, 0.2) is 97.1 Å². The Morgan fingerprint density at radius 2 is 0.522 bits per heavy atom. The van der Waals surface area contributed by atoms with Gasteiger partial charge in [-0.3, -0.25) is 38.4 Å². The number of carbonyl (C=O) groups excluding carboxylic acids is 8. The highest BCUT2D eigenvalue weighted by molar-refractivity contribution is 5.81. The van der Waals surface area contributed by atoms with Gasteiger partial charge in [0.25, 0.3) is 0 Å². The summed E-state index contributed by atoms with van der Waals surface area (Å²) >= 11 is 0. The molecule has 10 fully saturated rings. The minimum Gasteiger partial charge on any atom is -0.508 e. The maximum atomic E-state index is 12.1. The average molecular weight is 1930 g/mol. The van der Waals surface area contributed by atoms with Crippen molar-refractivity contribution in [2.75, 3.05) is 0 Å². The highest BCUT2D eigenvalue weighted by atomic mass is 16.6. The molecule has 14 unspecified atom stereocenters. The van der Waals surface area contributed by atoms with Gasteiger partial charge in [-0.25, -0.2) is 0 Å². The van der Waals surface area contributed by atoms with Crippen LogP contribution >= 0.6 is 0 Å². The first-order valence-corrected chi connectivity index (χ1v) is 53.5. The number of hydrogen-bond acceptors (Lipinski definition) is 20. The fraction of sp³-hybridized carbons (Fsp3) is 0.729. The summed E-state index contributed by atoms with van der Waals surface area (Å²) in [7, 11) is 0. The number of aromatic hydroxyl groups is 4. The van der Waals surface area contributed by atoms with Crippen molar-refractivity contribution in [2.45, 2.75) is 484 Å². The first kappa shape index (κ1) is 120. The summed E-state index contributed by atoms with van der Waals surface area (Å²) in [6.45, 7) is 61.1. The zero-order chi connectivity index (χ0) is 104. The predicted molar refractivity (Wildman–Crippen MR) is 552 cm³/mol. The molecule has 138 heavy (non-hydrogen) atoms. The molecule has 8 aliphatic carbocycles. The van der Waals surface area contributed by atoms with Gasteiger partial charge in [0.05, 0.1) is 44.3 Å². The number of fused-ring (bicyclic) bond motifs is 2.